The van der Waals surface area contributed by atoms with E-state index in [4.69, 9.17) is 23.2 Å². The fourth-order valence-corrected chi connectivity index (χ4v) is 2.23. The molecule has 1 fully saturated rings. The lowest BCUT2D eigenvalue weighted by Gasteiger charge is -1.98. The van der Waals surface area contributed by atoms with Crippen LogP contribution >= 0.6 is 23.2 Å². The van der Waals surface area contributed by atoms with Gasteiger partial charge in [-0.05, 0) is 17.4 Å². The zero-order valence-electron chi connectivity index (χ0n) is 8.10. The van der Waals surface area contributed by atoms with Gasteiger partial charge in [0.2, 0.25) is 0 Å². The van der Waals surface area contributed by atoms with Crippen molar-refractivity contribution >= 4 is 29.0 Å². The van der Waals surface area contributed by atoms with E-state index in [1.165, 1.54) is 0 Å². The van der Waals surface area contributed by atoms with Gasteiger partial charge >= 0.3 is 0 Å². The van der Waals surface area contributed by atoms with Crippen molar-refractivity contribution in [1.82, 2.24) is 0 Å². The number of carbonyl (C=O) groups is 1. The monoisotopic (exact) mass is 220 g/mol. The molecule has 13 heavy (non-hydrogen) atoms. The SMILES string of the molecule is CCC(=O)C1C(C=C(Cl)Cl)C1(C)C. The summed E-state index contributed by atoms with van der Waals surface area (Å²) >= 11 is 11.1. The van der Waals surface area contributed by atoms with Gasteiger partial charge < -0.3 is 0 Å². The maximum Gasteiger partial charge on any atom is 0.136 e. The highest BCUT2D eigenvalue weighted by atomic mass is 35.5. The Bertz CT molecular complexity index is 252. The molecule has 0 amide bonds. The Hall–Kier alpha value is -0.0100. The summed E-state index contributed by atoms with van der Waals surface area (Å²) in [6.45, 7) is 6.03. The first-order valence-electron chi connectivity index (χ1n) is 4.46. The minimum absolute atomic E-state index is 0.0438. The Morgan fingerprint density at radius 3 is 2.38 bits per heavy atom. The van der Waals surface area contributed by atoms with Crippen molar-refractivity contribution in [1.29, 1.82) is 0 Å². The van der Waals surface area contributed by atoms with Crippen molar-refractivity contribution in [2.45, 2.75) is 27.2 Å². The molecule has 2 unspecified atom stereocenters. The smallest absolute Gasteiger partial charge is 0.136 e. The number of ketones is 1. The highest BCUT2D eigenvalue weighted by Gasteiger charge is 2.59. The predicted molar refractivity (Wildman–Crippen MR) is 55.8 cm³/mol. The van der Waals surface area contributed by atoms with Gasteiger partial charge in [-0.1, -0.05) is 44.0 Å². The standard InChI is InChI=1S/C10H14Cl2O/c1-4-7(13)9-6(5-8(11)12)10(9,2)3/h5-6,9H,4H2,1-3H3. The second-order valence-corrected chi connectivity index (χ2v) is 5.11. The lowest BCUT2D eigenvalue weighted by molar-refractivity contribution is -0.120. The summed E-state index contributed by atoms with van der Waals surface area (Å²) in [5.41, 5.74) is 0.0438. The Morgan fingerprint density at radius 1 is 1.46 bits per heavy atom. The van der Waals surface area contributed by atoms with Crippen LogP contribution in [-0.4, -0.2) is 5.78 Å². The molecule has 1 nitrogen and oxygen atoms in total. The quantitative estimate of drug-likeness (QED) is 0.712. The van der Waals surface area contributed by atoms with Gasteiger partial charge in [0.25, 0.3) is 0 Å². The van der Waals surface area contributed by atoms with E-state index in [-0.39, 0.29) is 21.7 Å². The number of halogens is 2. The number of hydrogen-bond donors (Lipinski definition) is 0. The second kappa shape index (κ2) is 3.62. The summed E-state index contributed by atoms with van der Waals surface area (Å²) in [5, 5.41) is 0. The summed E-state index contributed by atoms with van der Waals surface area (Å²) in [7, 11) is 0. The highest BCUT2D eigenvalue weighted by Crippen LogP contribution is 2.60. The molecule has 0 saturated heterocycles. The zero-order valence-corrected chi connectivity index (χ0v) is 9.62. The van der Waals surface area contributed by atoms with Crippen molar-refractivity contribution in [2.24, 2.45) is 17.3 Å². The van der Waals surface area contributed by atoms with E-state index in [0.717, 1.165) is 0 Å². The van der Waals surface area contributed by atoms with Crippen LogP contribution in [-0.2, 0) is 4.79 Å². The van der Waals surface area contributed by atoms with E-state index in [0.29, 0.717) is 12.2 Å². The van der Waals surface area contributed by atoms with Crippen LogP contribution in [0.5, 0.6) is 0 Å². The molecule has 1 saturated carbocycles. The molecule has 0 spiro atoms. The van der Waals surface area contributed by atoms with E-state index in [1.807, 2.05) is 6.92 Å². The van der Waals surface area contributed by atoms with Crippen molar-refractivity contribution in [3.8, 4) is 0 Å². The minimum Gasteiger partial charge on any atom is -0.299 e. The van der Waals surface area contributed by atoms with Gasteiger partial charge in [0.05, 0.1) is 0 Å². The van der Waals surface area contributed by atoms with E-state index in [2.05, 4.69) is 13.8 Å². The van der Waals surface area contributed by atoms with Gasteiger partial charge in [0, 0.05) is 12.3 Å². The van der Waals surface area contributed by atoms with Crippen molar-refractivity contribution < 1.29 is 4.79 Å². The van der Waals surface area contributed by atoms with Crippen LogP contribution < -0.4 is 0 Å². The summed E-state index contributed by atoms with van der Waals surface area (Å²) in [5.74, 6) is 0.649. The molecular formula is C10H14Cl2O. The first-order valence-corrected chi connectivity index (χ1v) is 5.22. The van der Waals surface area contributed by atoms with Crippen molar-refractivity contribution in [2.75, 3.05) is 0 Å². The molecule has 0 bridgehead atoms. The van der Waals surface area contributed by atoms with Gasteiger partial charge in [-0.3, -0.25) is 4.79 Å². The van der Waals surface area contributed by atoms with E-state index < -0.39 is 0 Å². The Kier molecular flexibility index (Phi) is 3.09. The Labute approximate surface area is 89.1 Å². The molecule has 1 rings (SSSR count). The largest absolute Gasteiger partial charge is 0.299 e. The number of rotatable bonds is 3. The first kappa shape index (κ1) is 11.1. The van der Waals surface area contributed by atoms with Gasteiger partial charge in [0.15, 0.2) is 0 Å². The maximum atomic E-state index is 11.5. The third kappa shape index (κ3) is 2.08. The topological polar surface area (TPSA) is 17.1 Å². The van der Waals surface area contributed by atoms with Gasteiger partial charge in [-0.25, -0.2) is 0 Å². The predicted octanol–water partition coefficient (Wildman–Crippen LogP) is 3.56. The molecular weight excluding hydrogens is 207 g/mol. The van der Waals surface area contributed by atoms with Gasteiger partial charge in [0.1, 0.15) is 10.3 Å². The molecule has 74 valence electrons. The first-order chi connectivity index (χ1) is 5.91. The van der Waals surface area contributed by atoms with Crippen LogP contribution in [0.4, 0.5) is 0 Å². The van der Waals surface area contributed by atoms with Crippen LogP contribution in [0.15, 0.2) is 10.6 Å². The van der Waals surface area contributed by atoms with E-state index >= 15 is 0 Å². The fraction of sp³-hybridized carbons (Fsp3) is 0.700. The average Bonchev–Trinajstić information content (AvgIpc) is 2.51. The number of allylic oxidation sites excluding steroid dienone is 1. The molecule has 0 aromatic heterocycles. The molecule has 0 heterocycles. The maximum absolute atomic E-state index is 11.5. The molecule has 0 radical (unpaired) electrons. The van der Waals surface area contributed by atoms with E-state index in [1.54, 1.807) is 6.08 Å². The van der Waals surface area contributed by atoms with Crippen LogP contribution in [0, 0.1) is 17.3 Å². The van der Waals surface area contributed by atoms with Crippen LogP contribution in [0.1, 0.15) is 27.2 Å². The van der Waals surface area contributed by atoms with Gasteiger partial charge in [-0.2, -0.15) is 0 Å². The molecule has 1 aliphatic carbocycles. The molecule has 0 aromatic rings. The van der Waals surface area contributed by atoms with Crippen LogP contribution in [0.25, 0.3) is 0 Å². The fourth-order valence-electron chi connectivity index (χ4n) is 1.96. The van der Waals surface area contributed by atoms with Crippen molar-refractivity contribution in [3.63, 3.8) is 0 Å². The summed E-state index contributed by atoms with van der Waals surface area (Å²) in [6.07, 6.45) is 2.37. The number of carbonyl (C=O) groups excluding carboxylic acids is 1. The van der Waals surface area contributed by atoms with Crippen LogP contribution in [0.2, 0.25) is 0 Å². The molecule has 0 N–H and O–H groups in total. The van der Waals surface area contributed by atoms with Gasteiger partial charge in [-0.15, -0.1) is 0 Å². The Balaban J connectivity index is 2.72. The summed E-state index contributed by atoms with van der Waals surface area (Å²) < 4.78 is 0.268. The van der Waals surface area contributed by atoms with Crippen LogP contribution in [0.3, 0.4) is 0 Å². The number of Topliss-reactive ketones (excluding diaryl/α,β-unsaturated/α-hetero) is 1. The minimum atomic E-state index is 0.0438. The summed E-state index contributed by atoms with van der Waals surface area (Å²) in [4.78, 5) is 11.5. The lowest BCUT2D eigenvalue weighted by Crippen LogP contribution is -2.03. The highest BCUT2D eigenvalue weighted by molar-refractivity contribution is 6.55. The third-order valence-electron chi connectivity index (χ3n) is 2.91. The molecule has 2 atom stereocenters. The van der Waals surface area contributed by atoms with E-state index in [9.17, 15) is 4.79 Å². The van der Waals surface area contributed by atoms with Crippen molar-refractivity contribution in [3.05, 3.63) is 10.6 Å². The number of hydrogen-bond acceptors (Lipinski definition) is 1. The summed E-state index contributed by atoms with van der Waals surface area (Å²) in [6, 6.07) is 0. The zero-order chi connectivity index (χ0) is 10.2. The lowest BCUT2D eigenvalue weighted by atomic mass is 10.1. The third-order valence-corrected chi connectivity index (χ3v) is 3.16. The molecule has 3 heteroatoms. The molecule has 0 aromatic carbocycles. The normalized spacial score (nSPS) is 29.6. The Morgan fingerprint density at radius 2 is 2.00 bits per heavy atom. The molecule has 0 aliphatic heterocycles. The second-order valence-electron chi connectivity index (χ2n) is 4.10. The molecule has 1 aliphatic rings. The average molecular weight is 221 g/mol.